The van der Waals surface area contributed by atoms with E-state index in [-0.39, 0.29) is 5.91 Å². The van der Waals surface area contributed by atoms with Crippen LogP contribution in [-0.4, -0.2) is 11.9 Å². The van der Waals surface area contributed by atoms with Crippen LogP contribution >= 0.6 is 0 Å². The van der Waals surface area contributed by atoms with E-state index in [0.717, 1.165) is 11.1 Å². The molecule has 2 saturated carbocycles. The second kappa shape index (κ2) is 6.33. The molecule has 2 nitrogen and oxygen atoms in total. The monoisotopic (exact) mass is 333 g/mol. The maximum Gasteiger partial charge on any atom is 0.235 e. The number of carbonyl (C=O) groups excluding carboxylic acids is 1. The zero-order valence-electron chi connectivity index (χ0n) is 15.0. The van der Waals surface area contributed by atoms with Gasteiger partial charge >= 0.3 is 0 Å². The lowest BCUT2D eigenvalue weighted by Gasteiger charge is -2.31. The molecule has 0 heterocycles. The minimum atomic E-state index is -0.652. The van der Waals surface area contributed by atoms with E-state index in [4.69, 9.17) is 0 Å². The maximum absolute atomic E-state index is 13.4. The quantitative estimate of drug-likeness (QED) is 0.853. The molecule has 0 bridgehead atoms. The van der Waals surface area contributed by atoms with Gasteiger partial charge in [-0.25, -0.2) is 0 Å². The molecule has 0 aromatic heterocycles. The van der Waals surface area contributed by atoms with E-state index in [1.165, 1.54) is 38.5 Å². The first kappa shape index (κ1) is 16.4. The number of rotatable bonds is 4. The lowest BCUT2D eigenvalue weighted by molar-refractivity contribution is -0.125. The van der Waals surface area contributed by atoms with Crippen molar-refractivity contribution in [3.8, 4) is 0 Å². The van der Waals surface area contributed by atoms with Crippen LogP contribution in [0.1, 0.15) is 56.6 Å². The first-order valence-corrected chi connectivity index (χ1v) is 9.57. The molecule has 2 heteroatoms. The molecule has 4 rings (SSSR count). The van der Waals surface area contributed by atoms with Crippen molar-refractivity contribution < 1.29 is 4.79 Å². The zero-order valence-corrected chi connectivity index (χ0v) is 15.0. The van der Waals surface area contributed by atoms with Crippen LogP contribution in [-0.2, 0) is 10.2 Å². The van der Waals surface area contributed by atoms with Gasteiger partial charge in [-0.2, -0.15) is 0 Å². The van der Waals surface area contributed by atoms with E-state index in [2.05, 4.69) is 36.5 Å². The topological polar surface area (TPSA) is 29.1 Å². The Morgan fingerprint density at radius 3 is 1.96 bits per heavy atom. The van der Waals surface area contributed by atoms with E-state index >= 15 is 0 Å². The minimum absolute atomic E-state index is 0.136. The summed E-state index contributed by atoms with van der Waals surface area (Å²) in [6.45, 7) is 2.06. The summed E-state index contributed by atoms with van der Waals surface area (Å²) in [4.78, 5) is 13.4. The number of hydrogen-bond acceptors (Lipinski definition) is 1. The summed E-state index contributed by atoms with van der Waals surface area (Å²) in [7, 11) is 0. The third kappa shape index (κ3) is 2.88. The number of carbonyl (C=O) groups is 1. The van der Waals surface area contributed by atoms with Gasteiger partial charge in [0.05, 0.1) is 5.41 Å². The Bertz CT molecular complexity index is 692. The maximum atomic E-state index is 13.4. The third-order valence-electron chi connectivity index (χ3n) is 6.50. The summed E-state index contributed by atoms with van der Waals surface area (Å²) in [6.07, 6.45) is 7.73. The van der Waals surface area contributed by atoms with Crippen LogP contribution in [0.25, 0.3) is 0 Å². The average Bonchev–Trinajstić information content (AvgIpc) is 3.33. The number of benzene rings is 2. The molecule has 1 unspecified atom stereocenters. The Morgan fingerprint density at radius 1 is 0.920 bits per heavy atom. The van der Waals surface area contributed by atoms with Crippen molar-refractivity contribution >= 4 is 5.91 Å². The predicted molar refractivity (Wildman–Crippen MR) is 101 cm³/mol. The molecule has 1 spiro atoms. The fourth-order valence-electron chi connectivity index (χ4n) is 4.63. The SMILES string of the molecule is CC(C(=O)NC1CC12CCCCC2)(c1ccccc1)c1ccccc1. The van der Waals surface area contributed by atoms with Crippen LogP contribution < -0.4 is 5.32 Å². The molecule has 1 atom stereocenters. The van der Waals surface area contributed by atoms with Crippen LogP contribution in [0, 0.1) is 5.41 Å². The molecule has 25 heavy (non-hydrogen) atoms. The van der Waals surface area contributed by atoms with Gasteiger partial charge in [0.25, 0.3) is 0 Å². The molecule has 0 radical (unpaired) electrons. The smallest absolute Gasteiger partial charge is 0.235 e. The van der Waals surface area contributed by atoms with E-state index in [1.807, 2.05) is 36.4 Å². The van der Waals surface area contributed by atoms with E-state index in [9.17, 15) is 4.79 Å². The van der Waals surface area contributed by atoms with Crippen molar-refractivity contribution in [2.24, 2.45) is 5.41 Å². The number of hydrogen-bond donors (Lipinski definition) is 1. The van der Waals surface area contributed by atoms with Gasteiger partial charge in [-0.1, -0.05) is 79.9 Å². The second-order valence-corrected chi connectivity index (χ2v) is 8.01. The molecule has 0 aliphatic heterocycles. The zero-order chi connectivity index (χ0) is 17.3. The molecule has 2 aromatic rings. The Morgan fingerprint density at radius 2 is 1.44 bits per heavy atom. The van der Waals surface area contributed by atoms with Gasteiger partial charge in [-0.05, 0) is 42.7 Å². The van der Waals surface area contributed by atoms with Crippen molar-refractivity contribution in [3.63, 3.8) is 0 Å². The standard InChI is InChI=1S/C23H27NO/c1-22(18-11-5-2-6-12-18,19-13-7-3-8-14-19)21(25)24-20-17-23(20)15-9-4-10-16-23/h2-3,5-8,11-14,20H,4,9-10,15-17H2,1H3,(H,24,25). The Hall–Kier alpha value is -2.09. The van der Waals surface area contributed by atoms with Crippen LogP contribution in [0.15, 0.2) is 60.7 Å². The fourth-order valence-corrected chi connectivity index (χ4v) is 4.63. The first-order valence-electron chi connectivity index (χ1n) is 9.57. The van der Waals surface area contributed by atoms with Crippen molar-refractivity contribution in [1.29, 1.82) is 0 Å². The Kier molecular flexibility index (Phi) is 4.15. The molecule has 2 aromatic carbocycles. The van der Waals surface area contributed by atoms with Gasteiger partial charge in [0.1, 0.15) is 0 Å². The summed E-state index contributed by atoms with van der Waals surface area (Å²) in [5.74, 6) is 0.136. The van der Waals surface area contributed by atoms with Gasteiger partial charge < -0.3 is 5.32 Å². The van der Waals surface area contributed by atoms with Crippen LogP contribution in [0.5, 0.6) is 0 Å². The Labute approximate surface area is 150 Å². The average molecular weight is 333 g/mol. The molecule has 130 valence electrons. The van der Waals surface area contributed by atoms with Crippen molar-refractivity contribution in [2.45, 2.75) is 56.9 Å². The van der Waals surface area contributed by atoms with Crippen LogP contribution in [0.3, 0.4) is 0 Å². The fraction of sp³-hybridized carbons (Fsp3) is 0.435. The molecule has 1 N–H and O–H groups in total. The Balaban J connectivity index is 1.62. The van der Waals surface area contributed by atoms with Crippen LogP contribution in [0.4, 0.5) is 0 Å². The van der Waals surface area contributed by atoms with E-state index in [1.54, 1.807) is 0 Å². The van der Waals surface area contributed by atoms with Crippen molar-refractivity contribution in [2.75, 3.05) is 0 Å². The highest BCUT2D eigenvalue weighted by Crippen LogP contribution is 2.56. The van der Waals surface area contributed by atoms with Gasteiger partial charge in [-0.3, -0.25) is 4.79 Å². The lowest BCUT2D eigenvalue weighted by Crippen LogP contribution is -2.45. The highest BCUT2D eigenvalue weighted by atomic mass is 16.2. The number of amides is 1. The van der Waals surface area contributed by atoms with Gasteiger partial charge in [0, 0.05) is 6.04 Å². The van der Waals surface area contributed by atoms with Crippen molar-refractivity contribution in [3.05, 3.63) is 71.8 Å². The highest BCUT2D eigenvalue weighted by Gasteiger charge is 2.55. The molecule has 2 aliphatic carbocycles. The molecular weight excluding hydrogens is 306 g/mol. The summed E-state index contributed by atoms with van der Waals surface area (Å²) in [5, 5.41) is 3.41. The molecule has 2 aliphatic rings. The van der Waals surface area contributed by atoms with Crippen LogP contribution in [0.2, 0.25) is 0 Å². The minimum Gasteiger partial charge on any atom is -0.352 e. The van der Waals surface area contributed by atoms with Gasteiger partial charge in [-0.15, -0.1) is 0 Å². The molecule has 0 saturated heterocycles. The highest BCUT2D eigenvalue weighted by molar-refractivity contribution is 5.92. The molecule has 2 fully saturated rings. The third-order valence-corrected chi connectivity index (χ3v) is 6.50. The largest absolute Gasteiger partial charge is 0.352 e. The number of nitrogens with one attached hydrogen (secondary N) is 1. The summed E-state index contributed by atoms with van der Waals surface area (Å²) in [5.41, 5.74) is 1.86. The summed E-state index contributed by atoms with van der Waals surface area (Å²) >= 11 is 0. The lowest BCUT2D eigenvalue weighted by atomic mass is 9.75. The normalized spacial score (nSPS) is 21.7. The van der Waals surface area contributed by atoms with Gasteiger partial charge in [0.15, 0.2) is 0 Å². The first-order chi connectivity index (χ1) is 12.2. The second-order valence-electron chi connectivity index (χ2n) is 8.01. The molecular formula is C23H27NO. The van der Waals surface area contributed by atoms with Crippen molar-refractivity contribution in [1.82, 2.24) is 5.32 Å². The summed E-state index contributed by atoms with van der Waals surface area (Å²) in [6, 6.07) is 20.7. The summed E-state index contributed by atoms with van der Waals surface area (Å²) < 4.78 is 0. The van der Waals surface area contributed by atoms with E-state index < -0.39 is 5.41 Å². The van der Waals surface area contributed by atoms with Gasteiger partial charge in [0.2, 0.25) is 5.91 Å². The van der Waals surface area contributed by atoms with E-state index in [0.29, 0.717) is 11.5 Å². The molecule has 1 amide bonds. The predicted octanol–water partition coefficient (Wildman–Crippen LogP) is 4.83.